The molecule has 0 atom stereocenters. The fraction of sp³-hybridized carbons (Fsp3) is 0.222. The van der Waals surface area contributed by atoms with Gasteiger partial charge in [-0.25, -0.2) is 0 Å². The highest BCUT2D eigenvalue weighted by molar-refractivity contribution is 5.89. The van der Waals surface area contributed by atoms with Gasteiger partial charge in [0.15, 0.2) is 6.29 Å². The van der Waals surface area contributed by atoms with Gasteiger partial charge in [0, 0.05) is 18.3 Å². The minimum atomic E-state index is -0.164. The Balaban J connectivity index is 3.01. The standard InChI is InChI=1S/C9H10N2O2/c1-6-3-8(11-7(2)13)4-9(5-12)10-6/h3-5H,1-2H3,(H,10,11,13). The maximum Gasteiger partial charge on any atom is 0.221 e. The number of aromatic nitrogens is 1. The molecule has 0 aliphatic carbocycles. The van der Waals surface area contributed by atoms with E-state index in [2.05, 4.69) is 10.3 Å². The Hall–Kier alpha value is -1.71. The molecule has 0 aliphatic rings. The van der Waals surface area contributed by atoms with E-state index in [4.69, 9.17) is 0 Å². The third-order valence-corrected chi connectivity index (χ3v) is 1.41. The molecular formula is C9H10N2O2. The van der Waals surface area contributed by atoms with Crippen LogP contribution in [0, 0.1) is 6.92 Å². The Morgan fingerprint density at radius 3 is 2.77 bits per heavy atom. The van der Waals surface area contributed by atoms with Crippen LogP contribution in [-0.2, 0) is 4.79 Å². The lowest BCUT2D eigenvalue weighted by atomic mass is 10.3. The number of nitrogens with one attached hydrogen (secondary N) is 1. The number of hydrogen-bond donors (Lipinski definition) is 1. The van der Waals surface area contributed by atoms with Crippen LogP contribution >= 0.6 is 0 Å². The predicted molar refractivity (Wildman–Crippen MR) is 48.7 cm³/mol. The Kier molecular flexibility index (Phi) is 2.74. The van der Waals surface area contributed by atoms with Crippen LogP contribution in [0.4, 0.5) is 5.69 Å². The van der Waals surface area contributed by atoms with Crippen molar-refractivity contribution in [2.45, 2.75) is 13.8 Å². The van der Waals surface area contributed by atoms with Gasteiger partial charge in [-0.1, -0.05) is 0 Å². The van der Waals surface area contributed by atoms with Crippen LogP contribution in [0.1, 0.15) is 23.1 Å². The first-order valence-electron chi connectivity index (χ1n) is 3.83. The third-order valence-electron chi connectivity index (χ3n) is 1.41. The summed E-state index contributed by atoms with van der Waals surface area (Å²) in [6.07, 6.45) is 0.651. The Morgan fingerprint density at radius 1 is 1.54 bits per heavy atom. The molecule has 0 aromatic carbocycles. The van der Waals surface area contributed by atoms with Crippen molar-refractivity contribution < 1.29 is 9.59 Å². The molecule has 1 heterocycles. The van der Waals surface area contributed by atoms with Crippen molar-refractivity contribution in [3.8, 4) is 0 Å². The number of pyridine rings is 1. The fourth-order valence-corrected chi connectivity index (χ4v) is 1.03. The van der Waals surface area contributed by atoms with Gasteiger partial charge in [0.25, 0.3) is 0 Å². The van der Waals surface area contributed by atoms with Gasteiger partial charge in [-0.3, -0.25) is 14.6 Å². The van der Waals surface area contributed by atoms with E-state index in [1.807, 2.05) is 0 Å². The smallest absolute Gasteiger partial charge is 0.221 e. The summed E-state index contributed by atoms with van der Waals surface area (Å²) in [4.78, 5) is 25.1. The molecule has 0 spiro atoms. The quantitative estimate of drug-likeness (QED) is 0.691. The maximum absolute atomic E-state index is 10.7. The van der Waals surface area contributed by atoms with Crippen molar-refractivity contribution >= 4 is 17.9 Å². The number of carbonyl (C=O) groups is 2. The number of rotatable bonds is 2. The van der Waals surface area contributed by atoms with Gasteiger partial charge < -0.3 is 5.32 Å². The zero-order valence-corrected chi connectivity index (χ0v) is 7.50. The minimum Gasteiger partial charge on any atom is -0.326 e. The number of hydrogen-bond acceptors (Lipinski definition) is 3. The minimum absolute atomic E-state index is 0.164. The van der Waals surface area contributed by atoms with Crippen molar-refractivity contribution in [2.75, 3.05) is 5.32 Å². The molecule has 0 bridgehead atoms. The lowest BCUT2D eigenvalue weighted by molar-refractivity contribution is -0.114. The number of carbonyl (C=O) groups excluding carboxylic acids is 2. The summed E-state index contributed by atoms with van der Waals surface area (Å²) in [5, 5.41) is 2.58. The molecule has 1 N–H and O–H groups in total. The van der Waals surface area contributed by atoms with Gasteiger partial charge in [0.2, 0.25) is 5.91 Å². The number of aldehydes is 1. The fourth-order valence-electron chi connectivity index (χ4n) is 1.03. The van der Waals surface area contributed by atoms with Crippen LogP contribution in [0.3, 0.4) is 0 Å². The van der Waals surface area contributed by atoms with Crippen molar-refractivity contribution in [3.63, 3.8) is 0 Å². The summed E-state index contributed by atoms with van der Waals surface area (Å²) in [5.41, 5.74) is 1.62. The summed E-state index contributed by atoms with van der Waals surface area (Å²) in [6.45, 7) is 3.18. The maximum atomic E-state index is 10.7. The highest BCUT2D eigenvalue weighted by Crippen LogP contribution is 2.09. The van der Waals surface area contributed by atoms with Gasteiger partial charge in [-0.15, -0.1) is 0 Å². The molecule has 0 radical (unpaired) electrons. The van der Waals surface area contributed by atoms with Crippen LogP contribution in [0.15, 0.2) is 12.1 Å². The van der Waals surface area contributed by atoms with E-state index in [1.165, 1.54) is 13.0 Å². The van der Waals surface area contributed by atoms with Crippen LogP contribution in [0.2, 0.25) is 0 Å². The zero-order chi connectivity index (χ0) is 9.84. The Morgan fingerprint density at radius 2 is 2.23 bits per heavy atom. The van der Waals surface area contributed by atoms with E-state index < -0.39 is 0 Å². The van der Waals surface area contributed by atoms with Crippen molar-refractivity contribution in [2.24, 2.45) is 0 Å². The molecule has 4 nitrogen and oxygen atoms in total. The molecule has 0 aliphatic heterocycles. The second kappa shape index (κ2) is 3.80. The normalized spacial score (nSPS) is 9.38. The Bertz CT molecular complexity index is 347. The lowest BCUT2D eigenvalue weighted by Gasteiger charge is -2.03. The van der Waals surface area contributed by atoms with Crippen LogP contribution < -0.4 is 5.32 Å². The van der Waals surface area contributed by atoms with Crippen molar-refractivity contribution in [1.82, 2.24) is 4.98 Å². The molecule has 1 aromatic rings. The average Bonchev–Trinajstić information content (AvgIpc) is 2.01. The summed E-state index contributed by atoms with van der Waals surface area (Å²) in [5.74, 6) is -0.164. The van der Waals surface area contributed by atoms with Crippen molar-refractivity contribution in [3.05, 3.63) is 23.5 Å². The van der Waals surface area contributed by atoms with Crippen molar-refractivity contribution in [1.29, 1.82) is 0 Å². The lowest BCUT2D eigenvalue weighted by Crippen LogP contribution is -2.07. The van der Waals surface area contributed by atoms with E-state index in [1.54, 1.807) is 13.0 Å². The molecule has 13 heavy (non-hydrogen) atoms. The van der Waals surface area contributed by atoms with E-state index in [-0.39, 0.29) is 5.91 Å². The molecule has 0 fully saturated rings. The average molecular weight is 178 g/mol. The Labute approximate surface area is 76.0 Å². The summed E-state index contributed by atoms with van der Waals surface area (Å²) in [6, 6.07) is 3.23. The highest BCUT2D eigenvalue weighted by atomic mass is 16.1. The number of aryl methyl sites for hydroxylation is 1. The van der Waals surface area contributed by atoms with E-state index >= 15 is 0 Å². The number of nitrogens with zero attached hydrogens (tertiary/aromatic N) is 1. The van der Waals surface area contributed by atoms with Gasteiger partial charge in [-0.05, 0) is 19.1 Å². The first-order valence-corrected chi connectivity index (χ1v) is 3.83. The molecule has 0 saturated heterocycles. The summed E-state index contributed by atoms with van der Waals surface area (Å²) in [7, 11) is 0. The summed E-state index contributed by atoms with van der Waals surface area (Å²) >= 11 is 0. The van der Waals surface area contributed by atoms with Crippen LogP contribution in [0.5, 0.6) is 0 Å². The molecule has 68 valence electrons. The molecule has 0 saturated carbocycles. The third kappa shape index (κ3) is 2.66. The number of amides is 1. The summed E-state index contributed by atoms with van der Waals surface area (Å²) < 4.78 is 0. The largest absolute Gasteiger partial charge is 0.326 e. The van der Waals surface area contributed by atoms with E-state index in [9.17, 15) is 9.59 Å². The van der Waals surface area contributed by atoms with Crippen LogP contribution in [-0.4, -0.2) is 17.2 Å². The first kappa shape index (κ1) is 9.38. The monoisotopic (exact) mass is 178 g/mol. The molecule has 0 unspecified atom stereocenters. The van der Waals surface area contributed by atoms with E-state index in [0.717, 1.165) is 0 Å². The molecule has 4 heteroatoms. The van der Waals surface area contributed by atoms with Gasteiger partial charge in [-0.2, -0.15) is 0 Å². The highest BCUT2D eigenvalue weighted by Gasteiger charge is 2.00. The van der Waals surface area contributed by atoms with Gasteiger partial charge in [0.05, 0.1) is 0 Å². The molecule has 1 aromatic heterocycles. The van der Waals surface area contributed by atoms with Crippen LogP contribution in [0.25, 0.3) is 0 Å². The number of anilines is 1. The SMILES string of the molecule is CC(=O)Nc1cc(C)nc(C=O)c1. The van der Waals surface area contributed by atoms with Gasteiger partial charge >= 0.3 is 0 Å². The second-order valence-corrected chi connectivity index (χ2v) is 2.72. The topological polar surface area (TPSA) is 59.1 Å². The molecular weight excluding hydrogens is 168 g/mol. The van der Waals surface area contributed by atoms with E-state index in [0.29, 0.717) is 23.4 Å². The second-order valence-electron chi connectivity index (χ2n) is 2.72. The molecule has 1 amide bonds. The predicted octanol–water partition coefficient (Wildman–Crippen LogP) is 1.16. The zero-order valence-electron chi connectivity index (χ0n) is 7.50. The van der Waals surface area contributed by atoms with Gasteiger partial charge in [0.1, 0.15) is 5.69 Å². The first-order chi connectivity index (χ1) is 6.11. The molecule has 1 rings (SSSR count).